The van der Waals surface area contributed by atoms with Gasteiger partial charge in [0.05, 0.1) is 6.33 Å². The molecule has 0 radical (unpaired) electrons. The zero-order chi connectivity index (χ0) is 16.6. The summed E-state index contributed by atoms with van der Waals surface area (Å²) in [5.74, 6) is 2.07. The molecule has 128 valence electrons. The van der Waals surface area contributed by atoms with Crippen molar-refractivity contribution in [3.05, 3.63) is 30.2 Å². The van der Waals surface area contributed by atoms with Crippen molar-refractivity contribution in [3.63, 3.8) is 0 Å². The third kappa shape index (κ3) is 2.48. The number of hydrogen-bond acceptors (Lipinski definition) is 7. The summed E-state index contributed by atoms with van der Waals surface area (Å²) in [7, 11) is 0. The van der Waals surface area contributed by atoms with E-state index in [4.69, 9.17) is 0 Å². The van der Waals surface area contributed by atoms with E-state index in [1.54, 1.807) is 19.0 Å². The number of imidazole rings is 1. The van der Waals surface area contributed by atoms with E-state index in [9.17, 15) is 0 Å². The van der Waals surface area contributed by atoms with Crippen molar-refractivity contribution in [3.8, 4) is 0 Å². The molecule has 0 unspecified atom stereocenters. The van der Waals surface area contributed by atoms with Crippen LogP contribution in [-0.4, -0.2) is 56.1 Å². The lowest BCUT2D eigenvalue weighted by Gasteiger charge is -2.37. The fraction of sp³-hybridized carbons (Fsp3) is 0.471. The molecular weight excluding hydrogens is 316 g/mol. The minimum atomic E-state index is 0.720. The first kappa shape index (κ1) is 14.6. The van der Waals surface area contributed by atoms with Gasteiger partial charge in [-0.25, -0.2) is 24.9 Å². The Kier molecular flexibility index (Phi) is 3.46. The van der Waals surface area contributed by atoms with Crippen molar-refractivity contribution in [2.75, 3.05) is 36.0 Å². The molecule has 8 nitrogen and oxygen atoms in total. The zero-order valence-electron chi connectivity index (χ0n) is 14.0. The lowest BCUT2D eigenvalue weighted by Crippen LogP contribution is -2.47. The number of hydrogen-bond donors (Lipinski definition) is 1. The lowest BCUT2D eigenvalue weighted by molar-refractivity contribution is 0.620. The molecule has 0 atom stereocenters. The molecule has 0 spiro atoms. The second-order valence-electron chi connectivity index (χ2n) is 6.60. The quantitative estimate of drug-likeness (QED) is 0.756. The maximum Gasteiger partial charge on any atom is 0.182 e. The van der Waals surface area contributed by atoms with Crippen LogP contribution in [0.3, 0.4) is 0 Å². The Morgan fingerprint density at radius 3 is 2.36 bits per heavy atom. The van der Waals surface area contributed by atoms with E-state index >= 15 is 0 Å². The Morgan fingerprint density at radius 2 is 1.48 bits per heavy atom. The van der Waals surface area contributed by atoms with Gasteiger partial charge in [0.15, 0.2) is 11.5 Å². The average Bonchev–Trinajstić information content (AvgIpc) is 3.17. The van der Waals surface area contributed by atoms with E-state index in [1.807, 2.05) is 0 Å². The van der Waals surface area contributed by atoms with Gasteiger partial charge in [0.1, 0.15) is 24.0 Å². The monoisotopic (exact) mass is 336 g/mol. The molecule has 4 heterocycles. The Morgan fingerprint density at radius 1 is 0.760 bits per heavy atom. The highest BCUT2D eigenvalue weighted by Crippen LogP contribution is 2.28. The van der Waals surface area contributed by atoms with Crippen molar-refractivity contribution in [2.24, 2.45) is 0 Å². The second kappa shape index (κ2) is 5.94. The molecular formula is C17H20N8. The third-order valence-electron chi connectivity index (χ3n) is 5.18. The summed E-state index contributed by atoms with van der Waals surface area (Å²) in [6.07, 6.45) is 9.66. The molecule has 1 aliphatic heterocycles. The van der Waals surface area contributed by atoms with Gasteiger partial charge in [-0.15, -0.1) is 0 Å². The highest BCUT2D eigenvalue weighted by molar-refractivity contribution is 5.82. The Hall–Kier alpha value is -2.77. The molecule has 1 aliphatic carbocycles. The highest BCUT2D eigenvalue weighted by atomic mass is 15.3. The molecule has 0 aromatic carbocycles. The van der Waals surface area contributed by atoms with Gasteiger partial charge in [0.2, 0.25) is 0 Å². The Labute approximate surface area is 145 Å². The number of H-pyrrole nitrogens is 1. The molecule has 0 saturated carbocycles. The van der Waals surface area contributed by atoms with Gasteiger partial charge in [-0.05, 0) is 25.7 Å². The van der Waals surface area contributed by atoms with Crippen LogP contribution in [0.5, 0.6) is 0 Å². The average molecular weight is 336 g/mol. The number of fused-ring (bicyclic) bond motifs is 2. The second-order valence-corrected chi connectivity index (χ2v) is 6.60. The highest BCUT2D eigenvalue weighted by Gasteiger charge is 2.25. The molecule has 3 aromatic heterocycles. The first-order valence-electron chi connectivity index (χ1n) is 8.87. The maximum atomic E-state index is 4.61. The smallest absolute Gasteiger partial charge is 0.182 e. The van der Waals surface area contributed by atoms with E-state index in [0.717, 1.165) is 61.8 Å². The van der Waals surface area contributed by atoms with Crippen LogP contribution in [0.15, 0.2) is 19.0 Å². The normalized spacial score (nSPS) is 17.8. The molecule has 8 heteroatoms. The van der Waals surface area contributed by atoms with Crippen LogP contribution in [-0.2, 0) is 12.8 Å². The molecule has 1 saturated heterocycles. The first-order valence-corrected chi connectivity index (χ1v) is 8.87. The summed E-state index contributed by atoms with van der Waals surface area (Å²) in [4.78, 5) is 29.8. The lowest BCUT2D eigenvalue weighted by atomic mass is 9.96. The number of anilines is 2. The van der Waals surface area contributed by atoms with E-state index in [2.05, 4.69) is 39.7 Å². The topological polar surface area (TPSA) is 86.7 Å². The molecule has 5 rings (SSSR count). The van der Waals surface area contributed by atoms with Gasteiger partial charge in [-0.2, -0.15) is 0 Å². The van der Waals surface area contributed by atoms with Crippen molar-refractivity contribution in [1.29, 1.82) is 0 Å². The first-order chi connectivity index (χ1) is 12.4. The summed E-state index contributed by atoms with van der Waals surface area (Å²) >= 11 is 0. The van der Waals surface area contributed by atoms with Crippen molar-refractivity contribution in [2.45, 2.75) is 25.7 Å². The minimum Gasteiger partial charge on any atom is -0.353 e. The van der Waals surface area contributed by atoms with Crippen molar-refractivity contribution >= 4 is 22.8 Å². The summed E-state index contributed by atoms with van der Waals surface area (Å²) in [5.41, 5.74) is 4.24. The zero-order valence-corrected chi connectivity index (χ0v) is 14.0. The molecule has 0 amide bonds. The number of piperazine rings is 1. The van der Waals surface area contributed by atoms with Crippen LogP contribution in [0, 0.1) is 0 Å². The van der Waals surface area contributed by atoms with Gasteiger partial charge >= 0.3 is 0 Å². The van der Waals surface area contributed by atoms with E-state index in [-0.39, 0.29) is 0 Å². The summed E-state index contributed by atoms with van der Waals surface area (Å²) < 4.78 is 0. The molecule has 25 heavy (non-hydrogen) atoms. The Bertz CT molecular complexity index is 897. The van der Waals surface area contributed by atoms with E-state index in [0.29, 0.717) is 0 Å². The largest absolute Gasteiger partial charge is 0.353 e. The third-order valence-corrected chi connectivity index (χ3v) is 5.18. The minimum absolute atomic E-state index is 0.720. The molecule has 3 aromatic rings. The summed E-state index contributed by atoms with van der Waals surface area (Å²) in [6.45, 7) is 3.68. The standard InChI is InChI=1S/C17H20N8/c1-2-4-13-12(3-1)16(22-9-18-13)24-5-7-25(8-6-24)17-14-15(20-10-19-14)21-11-23-17/h9-11H,1-8H2,(H,19,20,21,23). The molecule has 0 bridgehead atoms. The van der Waals surface area contributed by atoms with Crippen LogP contribution < -0.4 is 9.80 Å². The number of rotatable bonds is 2. The van der Waals surface area contributed by atoms with Gasteiger partial charge in [-0.1, -0.05) is 0 Å². The predicted octanol–water partition coefficient (Wildman–Crippen LogP) is 1.35. The van der Waals surface area contributed by atoms with Crippen LogP contribution in [0.4, 0.5) is 11.6 Å². The Balaban J connectivity index is 1.38. The molecule has 1 fully saturated rings. The van der Waals surface area contributed by atoms with E-state index in [1.165, 1.54) is 24.1 Å². The van der Waals surface area contributed by atoms with Gasteiger partial charge in [0.25, 0.3) is 0 Å². The number of aryl methyl sites for hydroxylation is 1. The van der Waals surface area contributed by atoms with Gasteiger partial charge in [-0.3, -0.25) is 0 Å². The molecule has 1 N–H and O–H groups in total. The van der Waals surface area contributed by atoms with Gasteiger partial charge < -0.3 is 14.8 Å². The van der Waals surface area contributed by atoms with Crippen molar-refractivity contribution in [1.82, 2.24) is 29.9 Å². The van der Waals surface area contributed by atoms with Crippen molar-refractivity contribution < 1.29 is 0 Å². The fourth-order valence-electron chi connectivity index (χ4n) is 3.90. The fourth-order valence-corrected chi connectivity index (χ4v) is 3.90. The van der Waals surface area contributed by atoms with Crippen LogP contribution in [0.1, 0.15) is 24.1 Å². The number of nitrogens with zero attached hydrogens (tertiary/aromatic N) is 7. The number of aromatic nitrogens is 6. The van der Waals surface area contributed by atoms with E-state index < -0.39 is 0 Å². The van der Waals surface area contributed by atoms with Gasteiger partial charge in [0, 0.05) is 37.4 Å². The maximum absolute atomic E-state index is 4.61. The summed E-state index contributed by atoms with van der Waals surface area (Å²) in [6, 6.07) is 0. The molecule has 2 aliphatic rings. The summed E-state index contributed by atoms with van der Waals surface area (Å²) in [5, 5.41) is 0. The number of aromatic amines is 1. The SMILES string of the molecule is c1nc2c(c(N3CCN(c4ncnc5nc[nH]c45)CC3)n1)CCCC2. The van der Waals surface area contributed by atoms with Crippen LogP contribution in [0.2, 0.25) is 0 Å². The van der Waals surface area contributed by atoms with Crippen LogP contribution in [0.25, 0.3) is 11.2 Å². The predicted molar refractivity (Wildman–Crippen MR) is 94.8 cm³/mol. The van der Waals surface area contributed by atoms with Crippen LogP contribution >= 0.6 is 0 Å². The number of nitrogens with one attached hydrogen (secondary N) is 1.